The molecule has 0 aromatic carbocycles. The van der Waals surface area contributed by atoms with Crippen LogP contribution in [0.5, 0.6) is 5.75 Å². The lowest BCUT2D eigenvalue weighted by Crippen LogP contribution is -2.02. The molecule has 16 heavy (non-hydrogen) atoms. The van der Waals surface area contributed by atoms with Crippen molar-refractivity contribution < 1.29 is 4.74 Å². The minimum Gasteiger partial charge on any atom is -0.495 e. The van der Waals surface area contributed by atoms with Gasteiger partial charge in [-0.3, -0.25) is 5.10 Å². The number of ether oxygens (including phenoxy) is 1. The van der Waals surface area contributed by atoms with E-state index in [0.29, 0.717) is 12.4 Å². The molecule has 2 aromatic heterocycles. The third-order valence-corrected chi connectivity index (χ3v) is 2.18. The van der Waals surface area contributed by atoms with Crippen LogP contribution in [-0.4, -0.2) is 22.3 Å². The zero-order chi connectivity index (χ0) is 11.4. The highest BCUT2D eigenvalue weighted by molar-refractivity contribution is 5.42. The fraction of sp³-hybridized carbons (Fsp3) is 0.200. The van der Waals surface area contributed by atoms with Crippen molar-refractivity contribution in [2.75, 3.05) is 18.2 Å². The second-order valence-corrected chi connectivity index (χ2v) is 3.25. The summed E-state index contributed by atoms with van der Waals surface area (Å²) >= 11 is 0. The molecule has 0 aliphatic heterocycles. The Morgan fingerprint density at radius 3 is 2.88 bits per heavy atom. The van der Waals surface area contributed by atoms with Crippen LogP contribution in [0.3, 0.4) is 0 Å². The molecule has 0 amide bonds. The molecule has 2 heterocycles. The van der Waals surface area contributed by atoms with Crippen LogP contribution in [0.2, 0.25) is 0 Å². The summed E-state index contributed by atoms with van der Waals surface area (Å²) in [6, 6.07) is 3.68. The van der Waals surface area contributed by atoms with E-state index in [0.717, 1.165) is 17.1 Å². The number of hydrogen-bond donors (Lipinski definition) is 3. The van der Waals surface area contributed by atoms with Gasteiger partial charge in [0.15, 0.2) is 0 Å². The number of rotatable bonds is 4. The van der Waals surface area contributed by atoms with Gasteiger partial charge in [-0.05, 0) is 12.1 Å². The lowest BCUT2D eigenvalue weighted by molar-refractivity contribution is 0.413. The number of nitrogens with one attached hydrogen (secondary N) is 2. The molecular weight excluding hydrogens is 206 g/mol. The van der Waals surface area contributed by atoms with Crippen LogP contribution in [-0.2, 0) is 6.54 Å². The predicted octanol–water partition coefficient (Wildman–Crippen LogP) is 1.01. The van der Waals surface area contributed by atoms with Crippen molar-refractivity contribution in [2.24, 2.45) is 0 Å². The number of H-pyrrole nitrogens is 1. The molecule has 0 saturated carbocycles. The summed E-state index contributed by atoms with van der Waals surface area (Å²) in [5.74, 6) is 2.07. The van der Waals surface area contributed by atoms with Gasteiger partial charge in [0, 0.05) is 12.1 Å². The average Bonchev–Trinajstić information content (AvgIpc) is 2.73. The number of aromatic amines is 1. The van der Waals surface area contributed by atoms with E-state index >= 15 is 0 Å². The second kappa shape index (κ2) is 4.52. The van der Waals surface area contributed by atoms with E-state index in [2.05, 4.69) is 20.5 Å². The van der Waals surface area contributed by atoms with Crippen LogP contribution in [0.25, 0.3) is 0 Å². The molecule has 0 aliphatic carbocycles. The summed E-state index contributed by atoms with van der Waals surface area (Å²) in [5.41, 5.74) is 6.57. The molecule has 0 saturated heterocycles. The Balaban J connectivity index is 1.97. The number of hydrogen-bond acceptors (Lipinski definition) is 5. The van der Waals surface area contributed by atoms with Crippen molar-refractivity contribution in [3.8, 4) is 5.75 Å². The summed E-state index contributed by atoms with van der Waals surface area (Å²) in [5, 5.41) is 9.63. The van der Waals surface area contributed by atoms with E-state index in [1.807, 2.05) is 12.1 Å². The van der Waals surface area contributed by atoms with Gasteiger partial charge < -0.3 is 15.8 Å². The monoisotopic (exact) mass is 219 g/mol. The largest absolute Gasteiger partial charge is 0.495 e. The van der Waals surface area contributed by atoms with E-state index < -0.39 is 0 Å². The molecule has 0 atom stereocenters. The van der Waals surface area contributed by atoms with Crippen molar-refractivity contribution in [3.63, 3.8) is 0 Å². The van der Waals surface area contributed by atoms with Crippen LogP contribution in [0.15, 0.2) is 24.5 Å². The quantitative estimate of drug-likeness (QED) is 0.714. The first-order valence-electron chi connectivity index (χ1n) is 4.81. The third-order valence-electron chi connectivity index (χ3n) is 2.18. The molecule has 6 nitrogen and oxygen atoms in total. The number of methoxy groups -OCH3 is 1. The maximum Gasteiger partial charge on any atom is 0.137 e. The predicted molar refractivity (Wildman–Crippen MR) is 61.1 cm³/mol. The van der Waals surface area contributed by atoms with Gasteiger partial charge >= 0.3 is 0 Å². The van der Waals surface area contributed by atoms with Crippen LogP contribution < -0.4 is 15.8 Å². The summed E-state index contributed by atoms with van der Waals surface area (Å²) in [6.07, 6.45) is 3.34. The van der Waals surface area contributed by atoms with E-state index in [1.165, 1.54) is 0 Å². The molecule has 4 N–H and O–H groups in total. The van der Waals surface area contributed by atoms with Gasteiger partial charge in [-0.2, -0.15) is 5.10 Å². The minimum absolute atomic E-state index is 0.570. The lowest BCUT2D eigenvalue weighted by atomic mass is 10.3. The van der Waals surface area contributed by atoms with Crippen molar-refractivity contribution in [1.29, 1.82) is 0 Å². The van der Waals surface area contributed by atoms with Crippen LogP contribution in [0.4, 0.5) is 11.6 Å². The Morgan fingerprint density at radius 2 is 2.31 bits per heavy atom. The summed E-state index contributed by atoms with van der Waals surface area (Å²) in [6.45, 7) is 0.585. The van der Waals surface area contributed by atoms with E-state index in [4.69, 9.17) is 10.5 Å². The fourth-order valence-corrected chi connectivity index (χ4v) is 1.25. The van der Waals surface area contributed by atoms with Crippen LogP contribution >= 0.6 is 0 Å². The van der Waals surface area contributed by atoms with E-state index in [1.54, 1.807) is 19.5 Å². The average molecular weight is 219 g/mol. The number of aromatic nitrogens is 3. The highest BCUT2D eigenvalue weighted by Gasteiger charge is 2.01. The molecule has 0 fully saturated rings. The molecule has 2 aromatic rings. The first-order valence-corrected chi connectivity index (χ1v) is 4.81. The van der Waals surface area contributed by atoms with Crippen molar-refractivity contribution in [2.45, 2.75) is 6.54 Å². The van der Waals surface area contributed by atoms with Crippen LogP contribution in [0, 0.1) is 0 Å². The highest BCUT2D eigenvalue weighted by atomic mass is 16.5. The molecular formula is C10H13N5O. The van der Waals surface area contributed by atoms with E-state index in [9.17, 15) is 0 Å². The maximum atomic E-state index is 5.65. The standard InChI is InChI=1S/C10H13N5O/c1-16-8-2-3-9(13-6-8)12-4-7-5-14-15-10(7)11/h2-3,5-6H,4H2,1H3,(H,12,13)(H3,11,14,15). The van der Waals surface area contributed by atoms with Gasteiger partial charge in [0.25, 0.3) is 0 Å². The number of nitrogens with two attached hydrogens (primary N) is 1. The Morgan fingerprint density at radius 1 is 1.44 bits per heavy atom. The highest BCUT2D eigenvalue weighted by Crippen LogP contribution is 2.13. The number of anilines is 2. The summed E-state index contributed by atoms with van der Waals surface area (Å²) in [4.78, 5) is 4.17. The van der Waals surface area contributed by atoms with Gasteiger partial charge in [0.2, 0.25) is 0 Å². The van der Waals surface area contributed by atoms with Crippen LogP contribution in [0.1, 0.15) is 5.56 Å². The molecule has 0 spiro atoms. The Labute approximate surface area is 92.8 Å². The minimum atomic E-state index is 0.570. The molecule has 84 valence electrons. The van der Waals surface area contributed by atoms with Crippen molar-refractivity contribution >= 4 is 11.6 Å². The molecule has 0 aliphatic rings. The lowest BCUT2D eigenvalue weighted by Gasteiger charge is -2.05. The van der Waals surface area contributed by atoms with Crippen molar-refractivity contribution in [1.82, 2.24) is 15.2 Å². The van der Waals surface area contributed by atoms with Crippen molar-refractivity contribution in [3.05, 3.63) is 30.1 Å². The molecule has 2 rings (SSSR count). The fourth-order valence-electron chi connectivity index (χ4n) is 1.25. The topological polar surface area (TPSA) is 88.8 Å². The second-order valence-electron chi connectivity index (χ2n) is 3.25. The van der Waals surface area contributed by atoms with E-state index in [-0.39, 0.29) is 0 Å². The first kappa shape index (κ1) is 10.3. The SMILES string of the molecule is COc1ccc(NCc2cn[nH]c2N)nc1. The molecule has 0 unspecified atom stereocenters. The molecule has 6 heteroatoms. The smallest absolute Gasteiger partial charge is 0.137 e. The Kier molecular flexibility index (Phi) is 2.90. The normalized spacial score (nSPS) is 10.1. The molecule has 0 bridgehead atoms. The summed E-state index contributed by atoms with van der Waals surface area (Å²) < 4.78 is 5.01. The van der Waals surface area contributed by atoms with Gasteiger partial charge in [0.1, 0.15) is 17.4 Å². The number of pyridine rings is 1. The van der Waals surface area contributed by atoms with Gasteiger partial charge in [-0.25, -0.2) is 4.98 Å². The van der Waals surface area contributed by atoms with Gasteiger partial charge in [0.05, 0.1) is 19.5 Å². The third kappa shape index (κ3) is 2.22. The molecule has 0 radical (unpaired) electrons. The summed E-state index contributed by atoms with van der Waals surface area (Å²) in [7, 11) is 1.61. The van der Waals surface area contributed by atoms with Gasteiger partial charge in [-0.1, -0.05) is 0 Å². The number of nitrogen functional groups attached to an aromatic ring is 1. The Bertz CT molecular complexity index is 450. The maximum absolute atomic E-state index is 5.65. The zero-order valence-corrected chi connectivity index (χ0v) is 8.90. The van der Waals surface area contributed by atoms with Gasteiger partial charge in [-0.15, -0.1) is 0 Å². The Hall–Kier alpha value is -2.24. The number of nitrogens with zero attached hydrogens (tertiary/aromatic N) is 2. The zero-order valence-electron chi connectivity index (χ0n) is 8.90. The first-order chi connectivity index (χ1) is 7.79.